The van der Waals surface area contributed by atoms with E-state index in [0.29, 0.717) is 0 Å². The van der Waals surface area contributed by atoms with Crippen molar-refractivity contribution in [2.24, 2.45) is 0 Å². The van der Waals surface area contributed by atoms with Gasteiger partial charge in [0, 0.05) is 0 Å². The second-order valence-electron chi connectivity index (χ2n) is 1.11. The fraction of sp³-hybridized carbons (Fsp3) is 1.00. The zero-order valence-electron chi connectivity index (χ0n) is 4.40. The van der Waals surface area contributed by atoms with Crippen LogP contribution in [0.15, 0.2) is 0 Å². The molecular weight excluding hydrogens is 296 g/mol. The summed E-state index contributed by atoms with van der Waals surface area (Å²) in [6, 6.07) is 0. The van der Waals surface area contributed by atoms with Crippen LogP contribution in [0.4, 0.5) is 0 Å². The van der Waals surface area contributed by atoms with Gasteiger partial charge in [-0.3, -0.25) is 0 Å². The van der Waals surface area contributed by atoms with Gasteiger partial charge in [-0.2, -0.15) is 0 Å². The molecule has 9 heteroatoms. The second kappa shape index (κ2) is 6.72. The molecular formula is C2Ni3O6. The Morgan fingerprint density at radius 2 is 0.545 bits per heavy atom. The van der Waals surface area contributed by atoms with Gasteiger partial charge in [0.05, 0.1) is 0 Å². The van der Waals surface area contributed by atoms with Gasteiger partial charge in [0.2, 0.25) is 0 Å². The smallest absolute Gasteiger partial charge is 0.879 e. The quantitative estimate of drug-likeness (QED) is 0.348. The van der Waals surface area contributed by atoms with E-state index in [9.17, 15) is 0 Å². The van der Waals surface area contributed by atoms with E-state index >= 15 is 0 Å². The Balaban J connectivity index is -0.0000000817. The van der Waals surface area contributed by atoms with Crippen molar-refractivity contribution in [2.75, 3.05) is 0 Å². The van der Waals surface area contributed by atoms with Crippen molar-refractivity contribution in [3.05, 3.63) is 0 Å². The van der Waals surface area contributed by atoms with E-state index in [-0.39, 0.29) is 49.5 Å². The molecule has 0 aliphatic carbocycles. The zero-order valence-corrected chi connectivity index (χ0v) is 7.36. The summed E-state index contributed by atoms with van der Waals surface area (Å²) < 4.78 is 0. The fourth-order valence-electron chi connectivity index (χ4n) is 0. The summed E-state index contributed by atoms with van der Waals surface area (Å²) in [6.45, 7) is 0. The van der Waals surface area contributed by atoms with Gasteiger partial charge in [-0.05, 0) is 0 Å². The summed E-state index contributed by atoms with van der Waals surface area (Å²) in [5, 5.41) is 54.5. The summed E-state index contributed by atoms with van der Waals surface area (Å²) in [6.07, 6.45) is 0. The molecule has 0 atom stereocenters. The van der Waals surface area contributed by atoms with Crippen molar-refractivity contribution < 1.29 is 80.1 Å². The molecule has 0 radical (unpaired) electrons. The van der Waals surface area contributed by atoms with Crippen LogP contribution in [-0.2, 0) is 49.5 Å². The maximum atomic E-state index is 9.08. The first-order valence-corrected chi connectivity index (χ1v) is 1.47. The molecule has 11 heavy (non-hydrogen) atoms. The van der Waals surface area contributed by atoms with Gasteiger partial charge in [0.1, 0.15) is 0 Å². The number of hydrogen-bond acceptors (Lipinski definition) is 6. The van der Waals surface area contributed by atoms with Gasteiger partial charge < -0.3 is 42.6 Å². The largest absolute Gasteiger partial charge is 2.00 e. The van der Waals surface area contributed by atoms with Crippen molar-refractivity contribution >= 4 is 0 Å². The fourth-order valence-corrected chi connectivity index (χ4v) is 0. The molecule has 0 heterocycles. The summed E-state index contributed by atoms with van der Waals surface area (Å²) in [7, 11) is 0. The van der Waals surface area contributed by atoms with Crippen LogP contribution in [-0.4, -0.2) is 11.9 Å². The van der Waals surface area contributed by atoms with Gasteiger partial charge >= 0.3 is 49.5 Å². The van der Waals surface area contributed by atoms with E-state index in [0.717, 1.165) is 0 Å². The van der Waals surface area contributed by atoms with Crippen LogP contribution in [0.25, 0.3) is 0 Å². The minimum absolute atomic E-state index is 0. The number of rotatable bonds is 1. The molecule has 0 rings (SSSR count). The molecule has 0 aromatic heterocycles. The second-order valence-corrected chi connectivity index (χ2v) is 1.11. The third-order valence-electron chi connectivity index (χ3n) is 0.375. The molecule has 0 fully saturated rings. The average molecular weight is 296 g/mol. The molecule has 6 nitrogen and oxygen atoms in total. The van der Waals surface area contributed by atoms with Gasteiger partial charge in [-0.1, -0.05) is 0 Å². The first kappa shape index (κ1) is 22.8. The summed E-state index contributed by atoms with van der Waals surface area (Å²) in [4.78, 5) is 0. The standard InChI is InChI=1S/C2O6.3Ni/c3-1(4,5)2(6,7)8;;;/q-6;3*+2. The minimum Gasteiger partial charge on any atom is -0.879 e. The van der Waals surface area contributed by atoms with E-state index in [4.69, 9.17) is 30.6 Å². The molecule has 0 aromatic rings. The Hall–Kier alpha value is 1.24. The molecule has 0 aliphatic heterocycles. The van der Waals surface area contributed by atoms with E-state index in [1.807, 2.05) is 0 Å². The van der Waals surface area contributed by atoms with E-state index in [1.54, 1.807) is 0 Å². The van der Waals surface area contributed by atoms with Crippen LogP contribution >= 0.6 is 0 Å². The molecule has 0 aromatic carbocycles. The van der Waals surface area contributed by atoms with Crippen LogP contribution < -0.4 is 30.6 Å². The first-order chi connectivity index (χ1) is 3.25. The van der Waals surface area contributed by atoms with Crippen molar-refractivity contribution in [1.29, 1.82) is 0 Å². The molecule has 0 amide bonds. The van der Waals surface area contributed by atoms with Crippen molar-refractivity contribution in [3.63, 3.8) is 0 Å². The molecule has 0 N–H and O–H groups in total. The topological polar surface area (TPSA) is 138 Å². The molecule has 0 bridgehead atoms. The summed E-state index contributed by atoms with van der Waals surface area (Å²) in [5.41, 5.74) is 0. The van der Waals surface area contributed by atoms with E-state index in [1.165, 1.54) is 0 Å². The average Bonchev–Trinajstić information content (AvgIpc) is 1.25. The molecule has 74 valence electrons. The van der Waals surface area contributed by atoms with Crippen LogP contribution in [0.1, 0.15) is 0 Å². The van der Waals surface area contributed by atoms with Crippen LogP contribution in [0, 0.1) is 0 Å². The summed E-state index contributed by atoms with van der Waals surface area (Å²) in [5.74, 6) is -9.96. The van der Waals surface area contributed by atoms with Gasteiger partial charge in [0.15, 0.2) is 0 Å². The van der Waals surface area contributed by atoms with Gasteiger partial charge in [0.25, 0.3) is 0 Å². The maximum absolute atomic E-state index is 9.08. The molecule has 0 unspecified atom stereocenters. The Labute approximate surface area is 92.0 Å². The molecule has 0 saturated carbocycles. The van der Waals surface area contributed by atoms with Gasteiger partial charge in [-0.15, -0.1) is 0 Å². The van der Waals surface area contributed by atoms with Gasteiger partial charge in [-0.25, -0.2) is 0 Å². The van der Waals surface area contributed by atoms with Crippen LogP contribution in [0.5, 0.6) is 0 Å². The molecule has 0 saturated heterocycles. The van der Waals surface area contributed by atoms with E-state index in [2.05, 4.69) is 0 Å². The first-order valence-electron chi connectivity index (χ1n) is 1.47. The third-order valence-corrected chi connectivity index (χ3v) is 0.375. The Morgan fingerprint density at radius 1 is 0.455 bits per heavy atom. The van der Waals surface area contributed by atoms with Crippen molar-refractivity contribution in [1.82, 2.24) is 0 Å². The monoisotopic (exact) mass is 294 g/mol. The van der Waals surface area contributed by atoms with Crippen LogP contribution in [0.2, 0.25) is 0 Å². The minimum atomic E-state index is -4.98. The SMILES string of the molecule is [Ni+2].[Ni+2].[Ni+2].[O-]C([O-])([O-])C([O-])([O-])[O-]. The predicted molar refractivity (Wildman–Crippen MR) is 5.46 cm³/mol. The summed E-state index contributed by atoms with van der Waals surface area (Å²) >= 11 is 0. The normalized spacial score (nSPS) is 10.4. The Kier molecular flexibility index (Phi) is 13.9. The van der Waals surface area contributed by atoms with Crippen molar-refractivity contribution in [3.8, 4) is 0 Å². The third kappa shape index (κ3) is 9.15. The van der Waals surface area contributed by atoms with Crippen molar-refractivity contribution in [2.45, 2.75) is 11.9 Å². The Morgan fingerprint density at radius 3 is 0.545 bits per heavy atom. The zero-order chi connectivity index (χ0) is 7.00. The predicted octanol–water partition coefficient (Wildman–Crippen LogP) is -7.55. The number of hydrogen-bond donors (Lipinski definition) is 0. The van der Waals surface area contributed by atoms with Crippen LogP contribution in [0.3, 0.4) is 0 Å². The maximum Gasteiger partial charge on any atom is 2.00 e. The van der Waals surface area contributed by atoms with E-state index < -0.39 is 11.9 Å². The molecule has 0 aliphatic rings. The molecule has 0 spiro atoms. The Bertz CT molecular complexity index is 70.8.